The fourth-order valence-electron chi connectivity index (χ4n) is 1.91. The van der Waals surface area contributed by atoms with Crippen molar-refractivity contribution >= 4 is 11.6 Å². The standard InChI is InChI=1S/C12H16N2O/c1-8(13)12(15)14-11-6-5-9-3-2-4-10(9)7-11/h5-8H,2-4,13H2,1H3,(H,14,15)/t8-/m1/s1. The molecule has 80 valence electrons. The number of nitrogens with two attached hydrogens (primary N) is 1. The Bertz CT molecular complexity index is 385. The summed E-state index contributed by atoms with van der Waals surface area (Å²) in [4.78, 5) is 11.4. The van der Waals surface area contributed by atoms with Crippen LogP contribution in [0.3, 0.4) is 0 Å². The third-order valence-electron chi connectivity index (χ3n) is 2.78. The number of anilines is 1. The minimum Gasteiger partial charge on any atom is -0.325 e. The summed E-state index contributed by atoms with van der Waals surface area (Å²) in [5.74, 6) is -0.132. The van der Waals surface area contributed by atoms with Gasteiger partial charge >= 0.3 is 0 Å². The molecule has 0 fully saturated rings. The SMILES string of the molecule is C[C@@H](N)C(=O)Nc1ccc2c(c1)CCC2. The van der Waals surface area contributed by atoms with Gasteiger partial charge in [0.15, 0.2) is 0 Å². The first-order chi connectivity index (χ1) is 7.16. The predicted molar refractivity (Wildman–Crippen MR) is 60.7 cm³/mol. The zero-order valence-electron chi connectivity index (χ0n) is 8.92. The average Bonchev–Trinajstić information content (AvgIpc) is 2.64. The van der Waals surface area contributed by atoms with E-state index in [-0.39, 0.29) is 5.91 Å². The van der Waals surface area contributed by atoms with Crippen LogP contribution in [0.25, 0.3) is 0 Å². The molecule has 3 N–H and O–H groups in total. The van der Waals surface area contributed by atoms with E-state index in [0.29, 0.717) is 0 Å². The van der Waals surface area contributed by atoms with Crippen LogP contribution in [-0.4, -0.2) is 11.9 Å². The van der Waals surface area contributed by atoms with Crippen LogP contribution in [0, 0.1) is 0 Å². The number of aryl methyl sites for hydroxylation is 2. The molecule has 3 heteroatoms. The minimum atomic E-state index is -0.460. The first kappa shape index (κ1) is 10.2. The third kappa shape index (κ3) is 2.18. The summed E-state index contributed by atoms with van der Waals surface area (Å²) >= 11 is 0. The van der Waals surface area contributed by atoms with Crippen LogP contribution in [0.5, 0.6) is 0 Å². The lowest BCUT2D eigenvalue weighted by molar-refractivity contribution is -0.117. The molecule has 0 unspecified atom stereocenters. The summed E-state index contributed by atoms with van der Waals surface area (Å²) in [6.07, 6.45) is 3.51. The van der Waals surface area contributed by atoms with E-state index in [1.165, 1.54) is 17.5 Å². The highest BCUT2D eigenvalue weighted by Gasteiger charge is 2.12. The number of benzene rings is 1. The van der Waals surface area contributed by atoms with Crippen molar-refractivity contribution in [3.8, 4) is 0 Å². The van der Waals surface area contributed by atoms with Gasteiger partial charge in [-0.15, -0.1) is 0 Å². The molecule has 0 saturated carbocycles. The Balaban J connectivity index is 2.13. The fraction of sp³-hybridized carbons (Fsp3) is 0.417. The number of fused-ring (bicyclic) bond motifs is 1. The summed E-state index contributed by atoms with van der Waals surface area (Å²) in [6.45, 7) is 1.68. The zero-order chi connectivity index (χ0) is 10.8. The number of rotatable bonds is 2. The largest absolute Gasteiger partial charge is 0.325 e. The number of carbonyl (C=O) groups excluding carboxylic acids is 1. The quantitative estimate of drug-likeness (QED) is 0.766. The number of carbonyl (C=O) groups is 1. The molecule has 0 radical (unpaired) electrons. The van der Waals surface area contributed by atoms with Crippen LogP contribution >= 0.6 is 0 Å². The van der Waals surface area contributed by atoms with Crippen molar-refractivity contribution in [1.82, 2.24) is 0 Å². The molecule has 15 heavy (non-hydrogen) atoms. The second kappa shape index (κ2) is 4.03. The molecular weight excluding hydrogens is 188 g/mol. The number of nitrogens with one attached hydrogen (secondary N) is 1. The van der Waals surface area contributed by atoms with Gasteiger partial charge < -0.3 is 11.1 Å². The molecule has 1 aromatic carbocycles. The van der Waals surface area contributed by atoms with Crippen molar-refractivity contribution in [2.24, 2.45) is 5.73 Å². The first-order valence-electron chi connectivity index (χ1n) is 5.35. The van der Waals surface area contributed by atoms with E-state index in [1.54, 1.807) is 6.92 Å². The molecule has 1 aliphatic rings. The molecule has 0 bridgehead atoms. The van der Waals surface area contributed by atoms with Crippen LogP contribution in [0.1, 0.15) is 24.5 Å². The van der Waals surface area contributed by atoms with Gasteiger partial charge in [-0.3, -0.25) is 4.79 Å². The van der Waals surface area contributed by atoms with Gasteiger partial charge in [-0.1, -0.05) is 6.07 Å². The Morgan fingerprint density at radius 1 is 1.40 bits per heavy atom. The molecule has 1 aliphatic carbocycles. The van der Waals surface area contributed by atoms with E-state index >= 15 is 0 Å². The molecule has 2 rings (SSSR count). The average molecular weight is 204 g/mol. The normalized spacial score (nSPS) is 15.9. The van der Waals surface area contributed by atoms with E-state index < -0.39 is 6.04 Å². The third-order valence-corrected chi connectivity index (χ3v) is 2.78. The smallest absolute Gasteiger partial charge is 0.240 e. The van der Waals surface area contributed by atoms with Crippen molar-refractivity contribution in [2.75, 3.05) is 5.32 Å². The Hall–Kier alpha value is -1.35. The molecule has 1 amide bonds. The predicted octanol–water partition coefficient (Wildman–Crippen LogP) is 1.46. The summed E-state index contributed by atoms with van der Waals surface area (Å²) in [6, 6.07) is 5.64. The molecule has 1 aromatic rings. The Labute approximate surface area is 89.7 Å². The lowest BCUT2D eigenvalue weighted by Crippen LogP contribution is -2.32. The second-order valence-electron chi connectivity index (χ2n) is 4.11. The van der Waals surface area contributed by atoms with Gasteiger partial charge in [0.2, 0.25) is 5.91 Å². The van der Waals surface area contributed by atoms with Crippen molar-refractivity contribution < 1.29 is 4.79 Å². The molecule has 0 aliphatic heterocycles. The van der Waals surface area contributed by atoms with Gasteiger partial charge in [-0.2, -0.15) is 0 Å². The fourth-order valence-corrected chi connectivity index (χ4v) is 1.91. The summed E-state index contributed by atoms with van der Waals surface area (Å²) in [5.41, 5.74) is 9.11. The maximum atomic E-state index is 11.4. The van der Waals surface area contributed by atoms with Gasteiger partial charge in [0.25, 0.3) is 0 Å². The molecule has 0 spiro atoms. The molecule has 3 nitrogen and oxygen atoms in total. The minimum absolute atomic E-state index is 0.132. The highest BCUT2D eigenvalue weighted by atomic mass is 16.2. The van der Waals surface area contributed by atoms with E-state index in [9.17, 15) is 4.79 Å². The van der Waals surface area contributed by atoms with Crippen LogP contribution in [0.15, 0.2) is 18.2 Å². The van der Waals surface area contributed by atoms with E-state index in [1.807, 2.05) is 6.07 Å². The molecular formula is C12H16N2O. The molecule has 0 aromatic heterocycles. The Morgan fingerprint density at radius 2 is 2.13 bits per heavy atom. The zero-order valence-corrected chi connectivity index (χ0v) is 8.92. The van der Waals surface area contributed by atoms with Gasteiger partial charge in [0, 0.05) is 5.69 Å². The van der Waals surface area contributed by atoms with Gasteiger partial charge in [-0.05, 0) is 49.4 Å². The molecule has 0 heterocycles. The monoisotopic (exact) mass is 204 g/mol. The Morgan fingerprint density at radius 3 is 2.87 bits per heavy atom. The Kier molecular flexibility index (Phi) is 2.73. The van der Waals surface area contributed by atoms with E-state index in [2.05, 4.69) is 17.4 Å². The van der Waals surface area contributed by atoms with Crippen molar-refractivity contribution in [3.63, 3.8) is 0 Å². The molecule has 1 atom stereocenters. The summed E-state index contributed by atoms with van der Waals surface area (Å²) in [5, 5.41) is 2.81. The van der Waals surface area contributed by atoms with Crippen molar-refractivity contribution in [3.05, 3.63) is 29.3 Å². The van der Waals surface area contributed by atoms with Gasteiger partial charge in [-0.25, -0.2) is 0 Å². The number of hydrogen-bond acceptors (Lipinski definition) is 2. The lowest BCUT2D eigenvalue weighted by atomic mass is 10.1. The van der Waals surface area contributed by atoms with E-state index in [0.717, 1.165) is 18.5 Å². The maximum Gasteiger partial charge on any atom is 0.240 e. The number of amides is 1. The van der Waals surface area contributed by atoms with Crippen molar-refractivity contribution in [2.45, 2.75) is 32.2 Å². The highest BCUT2D eigenvalue weighted by molar-refractivity contribution is 5.94. The van der Waals surface area contributed by atoms with Gasteiger partial charge in [0.1, 0.15) is 0 Å². The lowest BCUT2D eigenvalue weighted by Gasteiger charge is -2.09. The van der Waals surface area contributed by atoms with Crippen LogP contribution in [-0.2, 0) is 17.6 Å². The highest BCUT2D eigenvalue weighted by Crippen LogP contribution is 2.24. The van der Waals surface area contributed by atoms with Crippen LogP contribution in [0.2, 0.25) is 0 Å². The van der Waals surface area contributed by atoms with Crippen LogP contribution < -0.4 is 11.1 Å². The summed E-state index contributed by atoms with van der Waals surface area (Å²) < 4.78 is 0. The molecule has 0 saturated heterocycles. The topological polar surface area (TPSA) is 55.1 Å². The van der Waals surface area contributed by atoms with E-state index in [4.69, 9.17) is 5.73 Å². The first-order valence-corrected chi connectivity index (χ1v) is 5.35. The number of hydrogen-bond donors (Lipinski definition) is 2. The van der Waals surface area contributed by atoms with Gasteiger partial charge in [0.05, 0.1) is 6.04 Å². The maximum absolute atomic E-state index is 11.4. The van der Waals surface area contributed by atoms with Crippen molar-refractivity contribution in [1.29, 1.82) is 0 Å². The second-order valence-corrected chi connectivity index (χ2v) is 4.11. The van der Waals surface area contributed by atoms with Crippen LogP contribution in [0.4, 0.5) is 5.69 Å². The summed E-state index contributed by atoms with van der Waals surface area (Å²) in [7, 11) is 0.